The van der Waals surface area contributed by atoms with Gasteiger partial charge in [-0.3, -0.25) is 9.36 Å². The molecule has 0 saturated carbocycles. The average molecular weight is 1230 g/mol. The number of aliphatic hydroxyl groups is 1. The smallest absolute Gasteiger partial charge is 0.268 e. The van der Waals surface area contributed by atoms with Crippen LogP contribution in [0.15, 0.2) is 72.9 Å². The molecule has 0 aliphatic heterocycles. The van der Waals surface area contributed by atoms with E-state index in [2.05, 4.69) is 79.9 Å². The lowest BCUT2D eigenvalue weighted by atomic mass is 10.0. The lowest BCUT2D eigenvalue weighted by Gasteiger charge is -2.29. The van der Waals surface area contributed by atoms with E-state index in [9.17, 15) is 19.4 Å². The molecule has 0 radical (unpaired) electrons. The Kier molecular flexibility index (Phi) is 65.7. The van der Waals surface area contributed by atoms with Crippen LogP contribution < -0.4 is 10.2 Å². The number of nitrogens with zero attached hydrogens (tertiary/aromatic N) is 1. The Morgan fingerprint density at radius 1 is 0.419 bits per heavy atom. The number of unbranched alkanes of at least 4 members (excludes halogenated alkanes) is 46. The highest BCUT2D eigenvalue weighted by atomic mass is 31.2. The number of carbonyl (C=O) groups excluding carboxylic acids is 1. The third-order valence-electron chi connectivity index (χ3n) is 16.9. The van der Waals surface area contributed by atoms with Crippen LogP contribution in [0.1, 0.15) is 361 Å². The summed E-state index contributed by atoms with van der Waals surface area (Å²) in [5, 5.41) is 14.0. The van der Waals surface area contributed by atoms with E-state index in [1.165, 1.54) is 270 Å². The minimum atomic E-state index is -4.61. The van der Waals surface area contributed by atoms with E-state index in [1.54, 1.807) is 6.08 Å². The third-order valence-corrected chi connectivity index (χ3v) is 17.9. The maximum absolute atomic E-state index is 13.1. The molecule has 1 amide bonds. The fraction of sp³-hybridized carbons (Fsp3) is 0.831. The molecular formula is C77H145N2O6P. The van der Waals surface area contributed by atoms with Crippen molar-refractivity contribution in [3.63, 3.8) is 0 Å². The monoisotopic (exact) mass is 1230 g/mol. The first-order valence-electron chi connectivity index (χ1n) is 37.3. The van der Waals surface area contributed by atoms with E-state index in [4.69, 9.17) is 9.05 Å². The lowest BCUT2D eigenvalue weighted by molar-refractivity contribution is -0.870. The van der Waals surface area contributed by atoms with Crippen molar-refractivity contribution in [3.8, 4) is 0 Å². The number of allylic oxidation sites excluding steroid dienone is 11. The predicted octanol–water partition coefficient (Wildman–Crippen LogP) is 23.5. The highest BCUT2D eigenvalue weighted by molar-refractivity contribution is 7.45. The molecule has 0 aromatic rings. The van der Waals surface area contributed by atoms with Crippen LogP contribution in [-0.4, -0.2) is 68.5 Å². The second-order valence-corrected chi connectivity index (χ2v) is 28.0. The fourth-order valence-electron chi connectivity index (χ4n) is 11.2. The van der Waals surface area contributed by atoms with Crippen molar-refractivity contribution in [1.29, 1.82) is 0 Å². The number of amides is 1. The van der Waals surface area contributed by atoms with Crippen LogP contribution in [0.5, 0.6) is 0 Å². The number of aliphatic hydroxyl groups excluding tert-OH is 1. The summed E-state index contributed by atoms with van der Waals surface area (Å²) >= 11 is 0. The van der Waals surface area contributed by atoms with Gasteiger partial charge in [-0.2, -0.15) is 0 Å². The maximum Gasteiger partial charge on any atom is 0.268 e. The number of rotatable bonds is 69. The van der Waals surface area contributed by atoms with Gasteiger partial charge in [0.2, 0.25) is 5.91 Å². The Labute approximate surface area is 535 Å². The van der Waals surface area contributed by atoms with Gasteiger partial charge in [0.05, 0.1) is 39.9 Å². The zero-order chi connectivity index (χ0) is 62.6. The van der Waals surface area contributed by atoms with E-state index in [-0.39, 0.29) is 19.1 Å². The fourth-order valence-corrected chi connectivity index (χ4v) is 11.9. The van der Waals surface area contributed by atoms with Gasteiger partial charge >= 0.3 is 0 Å². The number of hydrogen-bond donors (Lipinski definition) is 2. The van der Waals surface area contributed by atoms with Crippen molar-refractivity contribution in [2.45, 2.75) is 373 Å². The summed E-state index contributed by atoms with van der Waals surface area (Å²) in [6.45, 7) is 4.59. The first-order chi connectivity index (χ1) is 42.0. The van der Waals surface area contributed by atoms with Crippen LogP contribution >= 0.6 is 7.82 Å². The largest absolute Gasteiger partial charge is 0.756 e. The summed E-state index contributed by atoms with van der Waals surface area (Å²) < 4.78 is 23.5. The standard InChI is InChI=1S/C77H145N2O6P/c1-6-8-10-12-14-16-18-20-22-24-26-28-30-32-34-36-38-39-41-43-45-47-49-51-53-55-57-59-61-63-65-67-69-71-77(81)78-75(74-85-86(82,83)84-73-72-79(3,4)5)76(80)70-68-66-64-62-60-58-56-54-52-50-48-46-44-42-40-37-35-33-31-29-27-25-23-21-19-17-15-13-11-9-7-2/h8,10,14,16,20,22,26,28,32,34,68,70,75-76,80H,6-7,9,11-13,15,17-19,21,23-25,27,29-31,33,35-67,69,71-74H2,1-5H3,(H-,78,81,82,83)/b10-8-,16-14-,22-20-,28-26-,34-32-,70-68+. The van der Waals surface area contributed by atoms with Crippen LogP contribution in [0, 0.1) is 0 Å². The molecule has 0 saturated heterocycles. The average Bonchev–Trinajstić information content (AvgIpc) is 3.70. The molecule has 504 valence electrons. The number of likely N-dealkylation sites (N-methyl/N-ethyl adjacent to an activating group) is 1. The SMILES string of the molecule is CC/C=C\C/C=C\C/C=C\C/C=C\C/C=C\CCCCCCCCCCCCCCCCCCCC(=O)NC(COP(=O)([O-])OCC[N+](C)(C)C)C(O)/C=C/CCCCCCCCCCCCCCCCCCCCCCCCCCCCCCC. The summed E-state index contributed by atoms with van der Waals surface area (Å²) in [7, 11) is 1.27. The quantitative estimate of drug-likeness (QED) is 0.0272. The van der Waals surface area contributed by atoms with Gasteiger partial charge in [-0.25, -0.2) is 0 Å². The van der Waals surface area contributed by atoms with Gasteiger partial charge in [-0.15, -0.1) is 0 Å². The van der Waals surface area contributed by atoms with Gasteiger partial charge in [0.15, 0.2) is 0 Å². The summed E-state index contributed by atoms with van der Waals surface area (Å²) in [6, 6.07) is -0.891. The first kappa shape index (κ1) is 83.9. The van der Waals surface area contributed by atoms with Crippen LogP contribution in [-0.2, 0) is 18.4 Å². The van der Waals surface area contributed by atoms with Gasteiger partial charge in [0.1, 0.15) is 13.2 Å². The predicted molar refractivity (Wildman–Crippen MR) is 376 cm³/mol. The molecule has 0 bridgehead atoms. The summed E-state index contributed by atoms with van der Waals surface area (Å²) in [4.78, 5) is 25.7. The topological polar surface area (TPSA) is 108 Å². The maximum atomic E-state index is 13.1. The molecule has 0 aliphatic rings. The van der Waals surface area contributed by atoms with Crippen molar-refractivity contribution in [2.24, 2.45) is 0 Å². The summed E-state index contributed by atoms with van der Waals surface area (Å²) in [6.07, 6.45) is 94.7. The molecule has 2 N–H and O–H groups in total. The third kappa shape index (κ3) is 69.4. The highest BCUT2D eigenvalue weighted by Crippen LogP contribution is 2.38. The molecular weight excluding hydrogens is 1080 g/mol. The molecule has 0 aromatic heterocycles. The van der Waals surface area contributed by atoms with E-state index in [1.807, 2.05) is 27.2 Å². The lowest BCUT2D eigenvalue weighted by Crippen LogP contribution is -2.45. The van der Waals surface area contributed by atoms with Crippen molar-refractivity contribution < 1.29 is 32.9 Å². The van der Waals surface area contributed by atoms with Crippen LogP contribution in [0.25, 0.3) is 0 Å². The normalized spacial score (nSPS) is 14.0. The molecule has 0 heterocycles. The molecule has 0 aliphatic carbocycles. The molecule has 0 fully saturated rings. The molecule has 0 aromatic carbocycles. The second kappa shape index (κ2) is 67.3. The molecule has 3 atom stereocenters. The number of carbonyl (C=O) groups is 1. The van der Waals surface area contributed by atoms with Gasteiger partial charge in [-0.1, -0.05) is 363 Å². The van der Waals surface area contributed by atoms with Crippen molar-refractivity contribution in [2.75, 3.05) is 40.9 Å². The number of phosphoric acid groups is 1. The van der Waals surface area contributed by atoms with E-state index in [0.717, 1.165) is 70.6 Å². The molecule has 0 rings (SSSR count). The van der Waals surface area contributed by atoms with Crippen molar-refractivity contribution >= 4 is 13.7 Å². The zero-order valence-electron chi connectivity index (χ0n) is 57.8. The molecule has 3 unspecified atom stereocenters. The molecule has 86 heavy (non-hydrogen) atoms. The second-order valence-electron chi connectivity index (χ2n) is 26.6. The molecule has 0 spiro atoms. The van der Waals surface area contributed by atoms with Gasteiger partial charge < -0.3 is 28.8 Å². The molecule has 8 nitrogen and oxygen atoms in total. The Bertz CT molecular complexity index is 1630. The Balaban J connectivity index is 4.02. The summed E-state index contributed by atoms with van der Waals surface area (Å²) in [5.74, 6) is -0.193. The van der Waals surface area contributed by atoms with Crippen molar-refractivity contribution in [3.05, 3.63) is 72.9 Å². The van der Waals surface area contributed by atoms with E-state index < -0.39 is 20.0 Å². The number of phosphoric ester groups is 1. The number of nitrogens with one attached hydrogen (secondary N) is 1. The van der Waals surface area contributed by atoms with Crippen molar-refractivity contribution in [1.82, 2.24) is 5.32 Å². The highest BCUT2D eigenvalue weighted by Gasteiger charge is 2.23. The Hall–Kier alpha value is -2.06. The Morgan fingerprint density at radius 3 is 1.03 bits per heavy atom. The Morgan fingerprint density at radius 2 is 0.709 bits per heavy atom. The minimum Gasteiger partial charge on any atom is -0.756 e. The van der Waals surface area contributed by atoms with Gasteiger partial charge in [-0.05, 0) is 64.2 Å². The van der Waals surface area contributed by atoms with E-state index >= 15 is 0 Å². The zero-order valence-corrected chi connectivity index (χ0v) is 58.7. The van der Waals surface area contributed by atoms with Gasteiger partial charge in [0.25, 0.3) is 7.82 Å². The minimum absolute atomic E-state index is 0.00126. The van der Waals surface area contributed by atoms with Crippen LogP contribution in [0.2, 0.25) is 0 Å². The summed E-state index contributed by atoms with van der Waals surface area (Å²) in [5.41, 5.74) is 0. The van der Waals surface area contributed by atoms with Crippen LogP contribution in [0.4, 0.5) is 0 Å². The van der Waals surface area contributed by atoms with Gasteiger partial charge in [0, 0.05) is 6.42 Å². The first-order valence-corrected chi connectivity index (χ1v) is 38.8. The van der Waals surface area contributed by atoms with Crippen LogP contribution in [0.3, 0.4) is 0 Å². The van der Waals surface area contributed by atoms with E-state index in [0.29, 0.717) is 17.4 Å². The number of hydrogen-bond acceptors (Lipinski definition) is 6. The number of quaternary nitrogens is 1. The molecule has 9 heteroatoms.